The van der Waals surface area contributed by atoms with Gasteiger partial charge in [0, 0.05) is 59.5 Å². The number of nitrogens with zero attached hydrogens (tertiary/aromatic N) is 3. The zero-order valence-electron chi connectivity index (χ0n) is 36.1. The average molecular weight is 819 g/mol. The summed E-state index contributed by atoms with van der Waals surface area (Å²) in [6, 6.07) is 16.6. The number of aliphatic carboxylic acids is 2. The normalized spacial score (nSPS) is 16.0. The molecule has 0 unspecified atom stereocenters. The van der Waals surface area contributed by atoms with Crippen molar-refractivity contribution in [3.63, 3.8) is 0 Å². The molecule has 0 spiro atoms. The van der Waals surface area contributed by atoms with Gasteiger partial charge in [0.05, 0.1) is 12.8 Å². The zero-order chi connectivity index (χ0) is 42.8. The molecule has 59 heavy (non-hydrogen) atoms. The van der Waals surface area contributed by atoms with E-state index < -0.39 is 11.9 Å². The third-order valence-corrected chi connectivity index (χ3v) is 12.8. The molecular formula is C47H70N4O8. The summed E-state index contributed by atoms with van der Waals surface area (Å²) in [6.45, 7) is 3.32. The standard InChI is InChI=1S/C31H40N2O5.C16H30N2O3/c1-32(28(34)20-31(21-29(35)36)16-8-9-17-31)18-10-3-11-19-33(2)30(37)38-22-27-25-14-6-4-12-23(25)24-13-5-7-15-26(24)27;1-17-10-6-3-7-11-18(2)14(19)12-16(13-15(20)21)8-4-5-9-16/h4-7,12-15,27H,3,8-11,16-22H2,1-2H3,(H,35,36);17H,3-13H2,1-2H3,(H,20,21). The van der Waals surface area contributed by atoms with Crippen LogP contribution in [0.15, 0.2) is 48.5 Å². The minimum atomic E-state index is -0.817. The van der Waals surface area contributed by atoms with Gasteiger partial charge in [-0.05, 0) is 104 Å². The Balaban J connectivity index is 0.000000311. The molecule has 3 aliphatic carbocycles. The Labute approximate surface area is 352 Å². The number of carboxylic acids is 2. The van der Waals surface area contributed by atoms with Crippen molar-refractivity contribution < 1.29 is 38.9 Å². The molecule has 326 valence electrons. The second-order valence-electron chi connectivity index (χ2n) is 17.5. The van der Waals surface area contributed by atoms with Crippen LogP contribution in [0.3, 0.4) is 0 Å². The van der Waals surface area contributed by atoms with Gasteiger partial charge in [-0.15, -0.1) is 0 Å². The van der Waals surface area contributed by atoms with Crippen LogP contribution in [0.25, 0.3) is 11.1 Å². The third-order valence-electron chi connectivity index (χ3n) is 12.8. The first-order valence-corrected chi connectivity index (χ1v) is 21.9. The summed E-state index contributed by atoms with van der Waals surface area (Å²) in [5, 5.41) is 21.5. The maximum Gasteiger partial charge on any atom is 0.409 e. The molecule has 0 radical (unpaired) electrons. The highest BCUT2D eigenvalue weighted by Crippen LogP contribution is 2.46. The third kappa shape index (κ3) is 14.4. The van der Waals surface area contributed by atoms with Gasteiger partial charge in [0.25, 0.3) is 0 Å². The molecule has 0 saturated heterocycles. The molecule has 3 N–H and O–H groups in total. The number of ether oxygens (including phenoxy) is 1. The lowest BCUT2D eigenvalue weighted by molar-refractivity contribution is -0.143. The van der Waals surface area contributed by atoms with E-state index in [1.54, 1.807) is 28.8 Å². The fraction of sp³-hybridized carbons (Fsp3) is 0.638. The minimum Gasteiger partial charge on any atom is -0.481 e. The van der Waals surface area contributed by atoms with Crippen molar-refractivity contribution in [2.45, 2.75) is 121 Å². The minimum absolute atomic E-state index is 0.0314. The molecule has 0 bridgehead atoms. The number of carbonyl (C=O) groups excluding carboxylic acids is 3. The van der Waals surface area contributed by atoms with Gasteiger partial charge in [-0.25, -0.2) is 4.79 Å². The lowest BCUT2D eigenvalue weighted by atomic mass is 9.79. The largest absolute Gasteiger partial charge is 0.481 e. The van der Waals surface area contributed by atoms with Crippen molar-refractivity contribution in [1.29, 1.82) is 0 Å². The molecule has 0 aromatic heterocycles. The van der Waals surface area contributed by atoms with Crippen LogP contribution in [0.1, 0.15) is 133 Å². The van der Waals surface area contributed by atoms with E-state index in [9.17, 15) is 29.1 Å². The van der Waals surface area contributed by atoms with Crippen LogP contribution >= 0.6 is 0 Å². The van der Waals surface area contributed by atoms with E-state index in [0.717, 1.165) is 103 Å². The smallest absolute Gasteiger partial charge is 0.409 e. The van der Waals surface area contributed by atoms with Crippen LogP contribution in [-0.2, 0) is 23.9 Å². The lowest BCUT2D eigenvalue weighted by Gasteiger charge is -2.29. The maximum atomic E-state index is 12.7. The SMILES string of the molecule is CN(CCCCCN(C)C(=O)OCC1c2ccccc2-c2ccccc21)C(=O)CC1(CC(=O)O)CCCC1.CNCCCCCN(C)C(=O)CC1(CC(=O)O)CCCC1. The molecule has 3 aliphatic rings. The summed E-state index contributed by atoms with van der Waals surface area (Å²) < 4.78 is 5.72. The molecule has 2 saturated carbocycles. The Morgan fingerprint density at radius 1 is 0.610 bits per heavy atom. The van der Waals surface area contributed by atoms with Gasteiger partial charge < -0.3 is 35.0 Å². The quantitative estimate of drug-likeness (QED) is 0.0998. The molecule has 12 nitrogen and oxygen atoms in total. The molecule has 2 aromatic rings. The number of unbranched alkanes of at least 4 members (excludes halogenated alkanes) is 4. The van der Waals surface area contributed by atoms with E-state index in [1.807, 2.05) is 38.4 Å². The van der Waals surface area contributed by atoms with Crippen molar-refractivity contribution in [2.75, 3.05) is 61.0 Å². The Bertz CT molecular complexity index is 1640. The Morgan fingerprint density at radius 2 is 1.02 bits per heavy atom. The van der Waals surface area contributed by atoms with E-state index in [-0.39, 0.29) is 47.5 Å². The molecule has 0 atom stereocenters. The number of amides is 3. The van der Waals surface area contributed by atoms with E-state index >= 15 is 0 Å². The molecular weight excluding hydrogens is 749 g/mol. The molecule has 2 aromatic carbocycles. The fourth-order valence-corrected chi connectivity index (χ4v) is 9.38. The van der Waals surface area contributed by atoms with Gasteiger partial charge in [-0.1, -0.05) is 80.6 Å². The van der Waals surface area contributed by atoms with Crippen LogP contribution in [0.4, 0.5) is 4.79 Å². The summed E-state index contributed by atoms with van der Waals surface area (Å²) in [5.41, 5.74) is 4.16. The van der Waals surface area contributed by atoms with Gasteiger partial charge in [0.15, 0.2) is 0 Å². The van der Waals surface area contributed by atoms with Crippen LogP contribution in [0.5, 0.6) is 0 Å². The van der Waals surface area contributed by atoms with Gasteiger partial charge >= 0.3 is 18.0 Å². The van der Waals surface area contributed by atoms with Crippen LogP contribution in [0, 0.1) is 10.8 Å². The molecule has 0 heterocycles. The van der Waals surface area contributed by atoms with E-state index in [4.69, 9.17) is 9.84 Å². The highest BCUT2D eigenvalue weighted by Gasteiger charge is 2.40. The van der Waals surface area contributed by atoms with Crippen LogP contribution in [-0.4, -0.2) is 116 Å². The predicted octanol–water partition coefficient (Wildman–Crippen LogP) is 8.18. The van der Waals surface area contributed by atoms with Crippen LogP contribution in [0.2, 0.25) is 0 Å². The van der Waals surface area contributed by atoms with E-state index in [0.29, 0.717) is 32.5 Å². The second kappa shape index (κ2) is 23.4. The van der Waals surface area contributed by atoms with E-state index in [1.165, 1.54) is 22.3 Å². The van der Waals surface area contributed by atoms with Crippen molar-refractivity contribution in [2.24, 2.45) is 10.8 Å². The molecule has 2 fully saturated rings. The molecule has 3 amide bonds. The lowest BCUT2D eigenvalue weighted by Crippen LogP contribution is -2.34. The monoisotopic (exact) mass is 819 g/mol. The summed E-state index contributed by atoms with van der Waals surface area (Å²) in [7, 11) is 7.34. The first-order chi connectivity index (χ1) is 28.3. The Morgan fingerprint density at radius 3 is 1.44 bits per heavy atom. The number of fused-ring (bicyclic) bond motifs is 3. The van der Waals surface area contributed by atoms with Gasteiger partial charge in [0.1, 0.15) is 6.61 Å². The van der Waals surface area contributed by atoms with Crippen molar-refractivity contribution in [3.8, 4) is 11.1 Å². The average Bonchev–Trinajstić information content (AvgIpc) is 3.94. The summed E-state index contributed by atoms with van der Waals surface area (Å²) in [5.74, 6) is -1.41. The topological polar surface area (TPSA) is 157 Å². The number of hydrogen-bond donors (Lipinski definition) is 3. The first kappa shape index (κ1) is 47.2. The van der Waals surface area contributed by atoms with Gasteiger partial charge in [0.2, 0.25) is 11.8 Å². The highest BCUT2D eigenvalue weighted by atomic mass is 16.6. The Kier molecular flexibility index (Phi) is 18.7. The summed E-state index contributed by atoms with van der Waals surface area (Å²) in [6.07, 6.45) is 13.9. The van der Waals surface area contributed by atoms with E-state index in [2.05, 4.69) is 29.6 Å². The van der Waals surface area contributed by atoms with Gasteiger partial charge in [-0.2, -0.15) is 0 Å². The first-order valence-electron chi connectivity index (χ1n) is 21.9. The number of rotatable bonds is 22. The zero-order valence-corrected chi connectivity index (χ0v) is 36.1. The van der Waals surface area contributed by atoms with Gasteiger partial charge in [-0.3, -0.25) is 19.2 Å². The number of carbonyl (C=O) groups is 5. The molecule has 12 heteroatoms. The number of hydrogen-bond acceptors (Lipinski definition) is 7. The van der Waals surface area contributed by atoms with Crippen molar-refractivity contribution in [1.82, 2.24) is 20.0 Å². The molecule has 0 aliphatic heterocycles. The number of carboxylic acid groups (broad SMARTS) is 2. The molecule has 5 rings (SSSR count). The number of nitrogens with one attached hydrogen (secondary N) is 1. The van der Waals surface area contributed by atoms with Crippen LogP contribution < -0.4 is 5.32 Å². The Hall–Kier alpha value is -4.45. The summed E-state index contributed by atoms with van der Waals surface area (Å²) in [4.78, 5) is 65.2. The number of benzene rings is 2. The van der Waals surface area contributed by atoms with Crippen molar-refractivity contribution >= 4 is 29.8 Å². The maximum absolute atomic E-state index is 12.7. The predicted molar refractivity (Wildman–Crippen MR) is 230 cm³/mol. The second-order valence-corrected chi connectivity index (χ2v) is 17.5. The summed E-state index contributed by atoms with van der Waals surface area (Å²) >= 11 is 0. The fourth-order valence-electron chi connectivity index (χ4n) is 9.38. The highest BCUT2D eigenvalue weighted by molar-refractivity contribution is 5.80. The van der Waals surface area contributed by atoms with Crippen molar-refractivity contribution in [3.05, 3.63) is 59.7 Å².